The van der Waals surface area contributed by atoms with Crippen LogP contribution in [0.2, 0.25) is 0 Å². The minimum absolute atomic E-state index is 0.428. The zero-order valence-electron chi connectivity index (χ0n) is 13.6. The van der Waals surface area contributed by atoms with E-state index in [1.54, 1.807) is 12.0 Å². The number of ether oxygens (including phenoxy) is 1. The summed E-state index contributed by atoms with van der Waals surface area (Å²) in [5.74, 6) is -0.219. The molecular weight excluding hydrogens is 304 g/mol. The minimum atomic E-state index is -0.545. The Morgan fingerprint density at radius 1 is 1.04 bits per heavy atom. The maximum absolute atomic E-state index is 12.2. The van der Waals surface area contributed by atoms with Crippen LogP contribution in [0.3, 0.4) is 0 Å². The Labute approximate surface area is 141 Å². The summed E-state index contributed by atoms with van der Waals surface area (Å²) < 4.78 is 5.11. The van der Waals surface area contributed by atoms with Crippen molar-refractivity contribution in [3.05, 3.63) is 65.2 Å². The highest BCUT2D eigenvalue weighted by molar-refractivity contribution is 6.35. The quantitative estimate of drug-likeness (QED) is 0.874. The molecule has 0 bridgehead atoms. The summed E-state index contributed by atoms with van der Waals surface area (Å²) in [5, 5.41) is 2.70. The molecule has 1 heterocycles. The molecule has 0 saturated heterocycles. The smallest absolute Gasteiger partial charge is 0.312 e. The van der Waals surface area contributed by atoms with Gasteiger partial charge in [0.15, 0.2) is 0 Å². The number of methoxy groups -OCH3 is 1. The molecule has 0 atom stereocenters. The van der Waals surface area contributed by atoms with Crippen LogP contribution in [0.25, 0.3) is 0 Å². The molecule has 0 aromatic heterocycles. The average molecular weight is 324 g/mol. The zero-order chi connectivity index (χ0) is 16.9. The number of nitrogens with zero attached hydrogens (tertiary/aromatic N) is 1. The lowest BCUT2D eigenvalue weighted by Gasteiger charge is -2.14. The molecule has 2 aromatic rings. The van der Waals surface area contributed by atoms with Gasteiger partial charge >= 0.3 is 11.8 Å². The minimum Gasteiger partial charge on any atom is -0.497 e. The van der Waals surface area contributed by atoms with Gasteiger partial charge < -0.3 is 15.0 Å². The van der Waals surface area contributed by atoms with Crippen molar-refractivity contribution in [2.75, 3.05) is 13.7 Å². The molecule has 5 nitrogen and oxygen atoms in total. The van der Waals surface area contributed by atoms with Gasteiger partial charge in [-0.25, -0.2) is 0 Å². The summed E-state index contributed by atoms with van der Waals surface area (Å²) in [7, 11) is 1.62. The maximum atomic E-state index is 12.2. The molecule has 0 aliphatic carbocycles. The monoisotopic (exact) mass is 324 g/mol. The number of fused-ring (bicyclic) bond motifs is 1. The molecule has 5 heteroatoms. The van der Waals surface area contributed by atoms with E-state index in [-0.39, 0.29) is 0 Å². The average Bonchev–Trinajstić information content (AvgIpc) is 3.05. The third-order valence-electron chi connectivity index (χ3n) is 4.18. The van der Waals surface area contributed by atoms with Crippen LogP contribution in [-0.2, 0) is 29.1 Å². The van der Waals surface area contributed by atoms with E-state index in [0.29, 0.717) is 26.1 Å². The summed E-state index contributed by atoms with van der Waals surface area (Å²) in [6.07, 6.45) is 0.670. The Hall–Kier alpha value is -2.82. The Kier molecular flexibility index (Phi) is 4.79. The first-order valence-electron chi connectivity index (χ1n) is 7.94. The molecule has 0 saturated carbocycles. The summed E-state index contributed by atoms with van der Waals surface area (Å²) in [5.41, 5.74) is 3.30. The second-order valence-corrected chi connectivity index (χ2v) is 5.78. The SMILES string of the molecule is COc1ccc(CCNC(=O)C(=O)N2Cc3ccccc3C2)cc1. The highest BCUT2D eigenvalue weighted by Gasteiger charge is 2.27. The molecule has 1 aliphatic rings. The summed E-state index contributed by atoms with van der Waals surface area (Å²) in [6.45, 7) is 1.43. The molecule has 0 fully saturated rings. The first-order chi connectivity index (χ1) is 11.7. The van der Waals surface area contributed by atoms with Gasteiger partial charge in [-0.2, -0.15) is 0 Å². The van der Waals surface area contributed by atoms with Gasteiger partial charge in [0.1, 0.15) is 5.75 Å². The van der Waals surface area contributed by atoms with Gasteiger partial charge in [0.05, 0.1) is 7.11 Å². The first-order valence-corrected chi connectivity index (χ1v) is 7.94. The van der Waals surface area contributed by atoms with Gasteiger partial charge in [0, 0.05) is 19.6 Å². The van der Waals surface area contributed by atoms with Crippen molar-refractivity contribution in [1.29, 1.82) is 0 Å². The van der Waals surface area contributed by atoms with Crippen molar-refractivity contribution in [2.24, 2.45) is 0 Å². The van der Waals surface area contributed by atoms with Crippen LogP contribution in [0, 0.1) is 0 Å². The molecule has 0 spiro atoms. The van der Waals surface area contributed by atoms with E-state index in [2.05, 4.69) is 5.32 Å². The lowest BCUT2D eigenvalue weighted by Crippen LogP contribution is -2.41. The Bertz CT molecular complexity index is 716. The fourth-order valence-electron chi connectivity index (χ4n) is 2.81. The van der Waals surface area contributed by atoms with Gasteiger partial charge in [-0.15, -0.1) is 0 Å². The van der Waals surface area contributed by atoms with Crippen LogP contribution in [0.15, 0.2) is 48.5 Å². The van der Waals surface area contributed by atoms with Gasteiger partial charge in [-0.3, -0.25) is 9.59 Å². The molecule has 24 heavy (non-hydrogen) atoms. The van der Waals surface area contributed by atoms with E-state index in [1.165, 1.54) is 0 Å². The summed E-state index contributed by atoms with van der Waals surface area (Å²) in [6, 6.07) is 15.5. The number of carbonyl (C=O) groups excluding carboxylic acids is 2. The van der Waals surface area contributed by atoms with E-state index in [1.807, 2.05) is 48.5 Å². The third kappa shape index (κ3) is 3.56. The molecule has 124 valence electrons. The third-order valence-corrected chi connectivity index (χ3v) is 4.18. The normalized spacial score (nSPS) is 12.6. The zero-order valence-corrected chi connectivity index (χ0v) is 13.6. The van der Waals surface area contributed by atoms with Crippen LogP contribution in [0.5, 0.6) is 5.75 Å². The number of hydrogen-bond acceptors (Lipinski definition) is 3. The topological polar surface area (TPSA) is 58.6 Å². The number of rotatable bonds is 4. The van der Waals surface area contributed by atoms with Crippen molar-refractivity contribution in [1.82, 2.24) is 10.2 Å². The summed E-state index contributed by atoms with van der Waals surface area (Å²) in [4.78, 5) is 25.9. The van der Waals surface area contributed by atoms with Crippen LogP contribution in [0.1, 0.15) is 16.7 Å². The van der Waals surface area contributed by atoms with Crippen molar-refractivity contribution in [3.63, 3.8) is 0 Å². The summed E-state index contributed by atoms with van der Waals surface area (Å²) >= 11 is 0. The Morgan fingerprint density at radius 3 is 2.25 bits per heavy atom. The Morgan fingerprint density at radius 2 is 1.67 bits per heavy atom. The highest BCUT2D eigenvalue weighted by atomic mass is 16.5. The van der Waals surface area contributed by atoms with Crippen molar-refractivity contribution in [2.45, 2.75) is 19.5 Å². The van der Waals surface area contributed by atoms with E-state index in [4.69, 9.17) is 4.74 Å². The number of amides is 2. The molecule has 2 aromatic carbocycles. The van der Waals surface area contributed by atoms with Crippen molar-refractivity contribution < 1.29 is 14.3 Å². The number of benzene rings is 2. The molecule has 1 N–H and O–H groups in total. The fraction of sp³-hybridized carbons (Fsp3) is 0.263. The van der Waals surface area contributed by atoms with E-state index >= 15 is 0 Å². The van der Waals surface area contributed by atoms with Gasteiger partial charge in [0.25, 0.3) is 0 Å². The van der Waals surface area contributed by atoms with Crippen LogP contribution in [-0.4, -0.2) is 30.4 Å². The maximum Gasteiger partial charge on any atom is 0.312 e. The van der Waals surface area contributed by atoms with E-state index in [0.717, 1.165) is 22.4 Å². The Balaban J connectivity index is 1.47. The highest BCUT2D eigenvalue weighted by Crippen LogP contribution is 2.22. The predicted octanol–water partition coefficient (Wildman–Crippen LogP) is 1.90. The van der Waals surface area contributed by atoms with E-state index in [9.17, 15) is 9.59 Å². The number of hydrogen-bond donors (Lipinski definition) is 1. The molecular formula is C19H20N2O3. The van der Waals surface area contributed by atoms with Gasteiger partial charge in [-0.1, -0.05) is 36.4 Å². The lowest BCUT2D eigenvalue weighted by atomic mass is 10.1. The van der Waals surface area contributed by atoms with Crippen LogP contribution >= 0.6 is 0 Å². The number of carbonyl (C=O) groups is 2. The lowest BCUT2D eigenvalue weighted by molar-refractivity contribution is -0.146. The van der Waals surface area contributed by atoms with Crippen LogP contribution < -0.4 is 10.1 Å². The van der Waals surface area contributed by atoms with Gasteiger partial charge in [0.2, 0.25) is 0 Å². The molecule has 0 radical (unpaired) electrons. The fourth-order valence-corrected chi connectivity index (χ4v) is 2.81. The first kappa shape index (κ1) is 16.1. The molecule has 0 unspecified atom stereocenters. The van der Waals surface area contributed by atoms with Crippen LogP contribution in [0.4, 0.5) is 0 Å². The molecule has 3 rings (SSSR count). The molecule has 2 amide bonds. The van der Waals surface area contributed by atoms with E-state index < -0.39 is 11.8 Å². The largest absolute Gasteiger partial charge is 0.497 e. The second-order valence-electron chi connectivity index (χ2n) is 5.78. The van der Waals surface area contributed by atoms with Crippen molar-refractivity contribution in [3.8, 4) is 5.75 Å². The number of nitrogens with one attached hydrogen (secondary N) is 1. The standard InChI is InChI=1S/C19H20N2O3/c1-24-17-8-6-14(7-9-17)10-11-20-18(22)19(23)21-12-15-4-2-3-5-16(15)13-21/h2-9H,10-13H2,1H3,(H,20,22). The second kappa shape index (κ2) is 7.17. The van der Waals surface area contributed by atoms with Gasteiger partial charge in [-0.05, 0) is 35.2 Å². The van der Waals surface area contributed by atoms with Crippen molar-refractivity contribution >= 4 is 11.8 Å². The predicted molar refractivity (Wildman–Crippen MR) is 90.4 cm³/mol. The molecule has 1 aliphatic heterocycles.